The average Bonchev–Trinajstić information content (AvgIpc) is 2.59. The minimum Gasteiger partial charge on any atom is -0.326 e. The Morgan fingerprint density at radius 1 is 1.38 bits per heavy atom. The number of nitrogens with zero attached hydrogens (tertiary/aromatic N) is 1. The molecule has 1 aliphatic heterocycles. The Hall–Kier alpha value is -0.380. The van der Waals surface area contributed by atoms with Gasteiger partial charge in [0.1, 0.15) is 0 Å². The monoisotopic (exact) mass is 282 g/mol. The zero-order valence-corrected chi connectivity index (χ0v) is 11.4. The maximum atomic E-state index is 6.07. The van der Waals surface area contributed by atoms with E-state index >= 15 is 0 Å². The molecule has 0 aromatic heterocycles. The molecule has 0 saturated carbocycles. The quantitative estimate of drug-likeness (QED) is 0.904. The van der Waals surface area contributed by atoms with Crippen LogP contribution in [0, 0.1) is 5.92 Å². The summed E-state index contributed by atoms with van der Waals surface area (Å²) in [4.78, 5) is 2.47. The molecule has 1 aliphatic rings. The third kappa shape index (κ3) is 2.31. The first-order chi connectivity index (χ1) is 7.59. The van der Waals surface area contributed by atoms with Crippen LogP contribution >= 0.6 is 15.9 Å². The number of hydrogen-bond donors (Lipinski definition) is 1. The van der Waals surface area contributed by atoms with Crippen LogP contribution < -0.4 is 5.73 Å². The van der Waals surface area contributed by atoms with Gasteiger partial charge in [0.15, 0.2) is 0 Å². The van der Waals surface area contributed by atoms with Gasteiger partial charge in [0.25, 0.3) is 0 Å². The van der Waals surface area contributed by atoms with Gasteiger partial charge in [-0.2, -0.15) is 0 Å². The molecule has 0 radical (unpaired) electrons. The molecule has 1 fully saturated rings. The summed E-state index contributed by atoms with van der Waals surface area (Å²) in [6.07, 6.45) is 0. The molecule has 0 bridgehead atoms. The Morgan fingerprint density at radius 3 is 2.62 bits per heavy atom. The van der Waals surface area contributed by atoms with Gasteiger partial charge in [-0.1, -0.05) is 41.1 Å². The van der Waals surface area contributed by atoms with Crippen molar-refractivity contribution >= 4 is 15.9 Å². The van der Waals surface area contributed by atoms with E-state index in [-0.39, 0.29) is 0 Å². The van der Waals surface area contributed by atoms with Gasteiger partial charge in [0.2, 0.25) is 0 Å². The standard InChI is InChI=1S/C13H19BrN2/c1-9-7-16(8-13(9)15)10(2)11-5-3-4-6-12(11)14/h3-6,9-10,13H,7-8,15H2,1-2H3. The Labute approximate surface area is 106 Å². The van der Waals surface area contributed by atoms with Crippen LogP contribution in [0.25, 0.3) is 0 Å². The maximum Gasteiger partial charge on any atom is 0.0331 e. The van der Waals surface area contributed by atoms with Gasteiger partial charge in [0, 0.05) is 29.6 Å². The summed E-state index contributed by atoms with van der Waals surface area (Å²) >= 11 is 3.62. The largest absolute Gasteiger partial charge is 0.326 e. The van der Waals surface area contributed by atoms with Gasteiger partial charge < -0.3 is 5.73 Å². The molecular weight excluding hydrogens is 264 g/mol. The van der Waals surface area contributed by atoms with Crippen molar-refractivity contribution < 1.29 is 0 Å². The molecule has 0 aliphatic carbocycles. The minimum atomic E-state index is 0.324. The molecule has 2 N–H and O–H groups in total. The highest BCUT2D eigenvalue weighted by atomic mass is 79.9. The highest BCUT2D eigenvalue weighted by Gasteiger charge is 2.30. The Balaban J connectivity index is 2.14. The lowest BCUT2D eigenvalue weighted by Crippen LogP contribution is -2.29. The SMILES string of the molecule is CC1CN(C(C)c2ccccc2Br)CC1N. The fourth-order valence-corrected chi connectivity index (χ4v) is 2.97. The highest BCUT2D eigenvalue weighted by molar-refractivity contribution is 9.10. The highest BCUT2D eigenvalue weighted by Crippen LogP contribution is 2.30. The van der Waals surface area contributed by atoms with Gasteiger partial charge in [-0.3, -0.25) is 4.90 Å². The van der Waals surface area contributed by atoms with Crippen molar-refractivity contribution in [3.63, 3.8) is 0 Å². The van der Waals surface area contributed by atoms with Crippen molar-refractivity contribution in [3.05, 3.63) is 34.3 Å². The summed E-state index contributed by atoms with van der Waals surface area (Å²) in [5.74, 6) is 0.602. The van der Waals surface area contributed by atoms with Crippen LogP contribution in [0.1, 0.15) is 25.5 Å². The smallest absolute Gasteiger partial charge is 0.0331 e. The summed E-state index contributed by atoms with van der Waals surface area (Å²) in [5, 5.41) is 0. The van der Waals surface area contributed by atoms with Crippen molar-refractivity contribution in [2.24, 2.45) is 11.7 Å². The first kappa shape index (κ1) is 12.1. The van der Waals surface area contributed by atoms with Crippen LogP contribution in [0.4, 0.5) is 0 Å². The third-order valence-electron chi connectivity index (χ3n) is 3.60. The van der Waals surface area contributed by atoms with E-state index in [1.807, 2.05) is 0 Å². The van der Waals surface area contributed by atoms with Crippen LogP contribution in [0.2, 0.25) is 0 Å². The summed E-state index contributed by atoms with van der Waals surface area (Å²) in [6.45, 7) is 6.59. The van der Waals surface area contributed by atoms with Crippen LogP contribution in [0.3, 0.4) is 0 Å². The van der Waals surface area contributed by atoms with E-state index < -0.39 is 0 Å². The van der Waals surface area contributed by atoms with Gasteiger partial charge in [0.05, 0.1) is 0 Å². The molecule has 3 heteroatoms. The first-order valence-corrected chi connectivity index (χ1v) is 6.63. The Kier molecular flexibility index (Phi) is 3.67. The second-order valence-corrected chi connectivity index (χ2v) is 5.65. The molecule has 2 rings (SSSR count). The number of hydrogen-bond acceptors (Lipinski definition) is 2. The summed E-state index contributed by atoms with van der Waals surface area (Å²) in [6, 6.07) is 9.19. The summed E-state index contributed by atoms with van der Waals surface area (Å²) in [5.41, 5.74) is 7.42. The van der Waals surface area contributed by atoms with Crippen molar-refractivity contribution in [2.45, 2.75) is 25.9 Å². The van der Waals surface area contributed by atoms with Crippen molar-refractivity contribution in [2.75, 3.05) is 13.1 Å². The topological polar surface area (TPSA) is 29.3 Å². The normalized spacial score (nSPS) is 28.2. The van der Waals surface area contributed by atoms with E-state index in [2.05, 4.69) is 58.9 Å². The van der Waals surface area contributed by atoms with Crippen molar-refractivity contribution in [3.8, 4) is 0 Å². The van der Waals surface area contributed by atoms with Gasteiger partial charge in [-0.25, -0.2) is 0 Å². The molecule has 1 aromatic carbocycles. The zero-order valence-electron chi connectivity index (χ0n) is 9.86. The van der Waals surface area contributed by atoms with E-state index in [1.54, 1.807) is 0 Å². The first-order valence-electron chi connectivity index (χ1n) is 5.83. The minimum absolute atomic E-state index is 0.324. The van der Waals surface area contributed by atoms with Crippen molar-refractivity contribution in [1.29, 1.82) is 0 Å². The Morgan fingerprint density at radius 2 is 2.06 bits per heavy atom. The lowest BCUT2D eigenvalue weighted by Gasteiger charge is -2.25. The molecule has 2 nitrogen and oxygen atoms in total. The molecule has 1 heterocycles. The fraction of sp³-hybridized carbons (Fsp3) is 0.538. The van der Waals surface area contributed by atoms with Gasteiger partial charge in [-0.05, 0) is 24.5 Å². The molecule has 3 atom stereocenters. The number of benzene rings is 1. The molecule has 88 valence electrons. The van der Waals surface area contributed by atoms with Crippen molar-refractivity contribution in [1.82, 2.24) is 4.90 Å². The number of likely N-dealkylation sites (tertiary alicyclic amines) is 1. The molecule has 1 saturated heterocycles. The number of rotatable bonds is 2. The van der Waals surface area contributed by atoms with E-state index in [1.165, 1.54) is 10.0 Å². The Bertz CT molecular complexity index is 357. The maximum absolute atomic E-state index is 6.07. The molecule has 1 aromatic rings. The van der Waals surface area contributed by atoms with Crippen LogP contribution in [-0.4, -0.2) is 24.0 Å². The van der Waals surface area contributed by atoms with Gasteiger partial charge in [-0.15, -0.1) is 0 Å². The second-order valence-electron chi connectivity index (χ2n) is 4.79. The van der Waals surface area contributed by atoms with E-state index in [4.69, 9.17) is 5.73 Å². The van der Waals surface area contributed by atoms with E-state index in [0.717, 1.165) is 13.1 Å². The second kappa shape index (κ2) is 4.86. The predicted octanol–water partition coefficient (Wildman–Crippen LogP) is 2.79. The van der Waals surface area contributed by atoms with Crippen LogP contribution in [-0.2, 0) is 0 Å². The van der Waals surface area contributed by atoms with Crippen LogP contribution in [0.15, 0.2) is 28.7 Å². The summed E-state index contributed by atoms with van der Waals surface area (Å²) < 4.78 is 1.19. The predicted molar refractivity (Wildman–Crippen MR) is 71.3 cm³/mol. The fourth-order valence-electron chi connectivity index (χ4n) is 2.36. The average molecular weight is 283 g/mol. The molecule has 0 spiro atoms. The molecule has 16 heavy (non-hydrogen) atoms. The number of halogens is 1. The van der Waals surface area contributed by atoms with Gasteiger partial charge >= 0.3 is 0 Å². The molecule has 3 unspecified atom stereocenters. The molecule has 0 amide bonds. The number of nitrogens with two attached hydrogens (primary N) is 1. The third-order valence-corrected chi connectivity index (χ3v) is 4.32. The lowest BCUT2D eigenvalue weighted by molar-refractivity contribution is 0.253. The molecular formula is C13H19BrN2. The van der Waals surface area contributed by atoms with E-state index in [9.17, 15) is 0 Å². The zero-order chi connectivity index (χ0) is 11.7. The van der Waals surface area contributed by atoms with E-state index in [0.29, 0.717) is 18.0 Å². The lowest BCUT2D eigenvalue weighted by atomic mass is 10.1. The summed E-state index contributed by atoms with van der Waals surface area (Å²) in [7, 11) is 0. The van der Waals surface area contributed by atoms with Crippen LogP contribution in [0.5, 0.6) is 0 Å².